The van der Waals surface area contributed by atoms with Crippen molar-refractivity contribution in [1.29, 1.82) is 0 Å². The fourth-order valence-electron chi connectivity index (χ4n) is 4.00. The largest absolute Gasteiger partial charge is 0.307 e. The van der Waals surface area contributed by atoms with Crippen molar-refractivity contribution >= 4 is 0 Å². The Kier molecular flexibility index (Phi) is 4.32. The van der Waals surface area contributed by atoms with E-state index in [1.54, 1.807) is 0 Å². The van der Waals surface area contributed by atoms with E-state index in [1.165, 1.54) is 55.6 Å². The molecule has 1 atom stereocenters. The monoisotopic (exact) mass is 287 g/mol. The SMILES string of the molecule is Cc1cc(C)c(C(C)NC2CCN(C3CC3)CC2)c(C)n1. The minimum Gasteiger partial charge on any atom is -0.307 e. The van der Waals surface area contributed by atoms with Crippen molar-refractivity contribution < 1.29 is 0 Å². The Morgan fingerprint density at radius 1 is 1.14 bits per heavy atom. The highest BCUT2D eigenvalue weighted by Gasteiger charge is 2.32. The molecular weight excluding hydrogens is 258 g/mol. The Morgan fingerprint density at radius 2 is 1.81 bits per heavy atom. The Hall–Kier alpha value is -0.930. The molecule has 0 bridgehead atoms. The number of nitrogens with one attached hydrogen (secondary N) is 1. The van der Waals surface area contributed by atoms with Crippen LogP contribution in [-0.4, -0.2) is 35.1 Å². The maximum absolute atomic E-state index is 4.64. The summed E-state index contributed by atoms with van der Waals surface area (Å²) in [6, 6.07) is 4.19. The second kappa shape index (κ2) is 6.05. The van der Waals surface area contributed by atoms with Crippen LogP contribution >= 0.6 is 0 Å². The Bertz CT molecular complexity index is 476. The standard InChI is InChI=1S/C18H29N3/c1-12-11-13(2)19-14(3)18(12)15(4)20-16-7-9-21(10-8-16)17-5-6-17/h11,15-17,20H,5-10H2,1-4H3. The van der Waals surface area contributed by atoms with Gasteiger partial charge in [0.25, 0.3) is 0 Å². The van der Waals surface area contributed by atoms with E-state index in [0.29, 0.717) is 12.1 Å². The number of aryl methyl sites for hydroxylation is 3. The first-order chi connectivity index (χ1) is 10.0. The van der Waals surface area contributed by atoms with E-state index < -0.39 is 0 Å². The van der Waals surface area contributed by atoms with Gasteiger partial charge in [-0.25, -0.2) is 0 Å². The first-order valence-corrected chi connectivity index (χ1v) is 8.49. The van der Waals surface area contributed by atoms with E-state index in [2.05, 4.69) is 49.0 Å². The maximum atomic E-state index is 4.64. The minimum absolute atomic E-state index is 0.399. The average molecular weight is 287 g/mol. The van der Waals surface area contributed by atoms with Crippen LogP contribution < -0.4 is 5.32 Å². The van der Waals surface area contributed by atoms with Gasteiger partial charge in [-0.15, -0.1) is 0 Å². The normalized spacial score (nSPS) is 22.5. The predicted octanol–water partition coefficient (Wildman–Crippen LogP) is 3.28. The smallest absolute Gasteiger partial charge is 0.0426 e. The van der Waals surface area contributed by atoms with E-state index in [1.807, 2.05) is 0 Å². The summed E-state index contributed by atoms with van der Waals surface area (Å²) in [5.41, 5.74) is 5.07. The van der Waals surface area contributed by atoms with Crippen LogP contribution in [0.25, 0.3) is 0 Å². The summed E-state index contributed by atoms with van der Waals surface area (Å²) in [7, 11) is 0. The summed E-state index contributed by atoms with van der Waals surface area (Å²) in [5, 5.41) is 3.85. The summed E-state index contributed by atoms with van der Waals surface area (Å²) in [5.74, 6) is 0. The fourth-order valence-corrected chi connectivity index (χ4v) is 4.00. The molecule has 0 spiro atoms. The van der Waals surface area contributed by atoms with Crippen LogP contribution in [0.3, 0.4) is 0 Å². The molecule has 2 fully saturated rings. The van der Waals surface area contributed by atoms with Gasteiger partial charge in [0.15, 0.2) is 0 Å². The molecule has 1 aliphatic heterocycles. The van der Waals surface area contributed by atoms with Gasteiger partial charge in [-0.2, -0.15) is 0 Å². The van der Waals surface area contributed by atoms with Gasteiger partial charge in [-0.3, -0.25) is 4.98 Å². The van der Waals surface area contributed by atoms with Crippen LogP contribution in [0.4, 0.5) is 0 Å². The van der Waals surface area contributed by atoms with Crippen molar-refractivity contribution in [2.24, 2.45) is 0 Å². The molecule has 3 nitrogen and oxygen atoms in total. The topological polar surface area (TPSA) is 28.2 Å². The maximum Gasteiger partial charge on any atom is 0.0426 e. The molecule has 3 rings (SSSR count). The molecule has 116 valence electrons. The van der Waals surface area contributed by atoms with Crippen molar-refractivity contribution in [2.45, 2.75) is 71.5 Å². The molecular formula is C18H29N3. The van der Waals surface area contributed by atoms with Crippen molar-refractivity contribution in [2.75, 3.05) is 13.1 Å². The lowest BCUT2D eigenvalue weighted by atomic mass is 9.97. The molecule has 2 aliphatic rings. The second-order valence-corrected chi connectivity index (χ2v) is 7.01. The molecule has 21 heavy (non-hydrogen) atoms. The first kappa shape index (κ1) is 15.0. The van der Waals surface area contributed by atoms with E-state index in [4.69, 9.17) is 0 Å². The van der Waals surface area contributed by atoms with Crippen LogP contribution in [0.5, 0.6) is 0 Å². The van der Waals surface area contributed by atoms with Crippen molar-refractivity contribution in [3.05, 3.63) is 28.6 Å². The first-order valence-electron chi connectivity index (χ1n) is 8.49. The fraction of sp³-hybridized carbons (Fsp3) is 0.722. The van der Waals surface area contributed by atoms with Crippen LogP contribution in [0, 0.1) is 20.8 Å². The van der Waals surface area contributed by atoms with E-state index in [9.17, 15) is 0 Å². The van der Waals surface area contributed by atoms with Crippen LogP contribution in [0.15, 0.2) is 6.07 Å². The molecule has 1 saturated carbocycles. The summed E-state index contributed by atoms with van der Waals surface area (Å²) in [6.07, 6.45) is 5.44. The van der Waals surface area contributed by atoms with E-state index in [0.717, 1.165) is 11.7 Å². The van der Waals surface area contributed by atoms with E-state index in [-0.39, 0.29) is 0 Å². The predicted molar refractivity (Wildman–Crippen MR) is 87.6 cm³/mol. The number of rotatable bonds is 4. The van der Waals surface area contributed by atoms with Gasteiger partial charge in [0.2, 0.25) is 0 Å². The van der Waals surface area contributed by atoms with Gasteiger partial charge in [0, 0.05) is 29.5 Å². The van der Waals surface area contributed by atoms with Crippen LogP contribution in [-0.2, 0) is 0 Å². The third kappa shape index (κ3) is 3.46. The quantitative estimate of drug-likeness (QED) is 0.921. The number of piperidine rings is 1. The summed E-state index contributed by atoms with van der Waals surface area (Å²) in [6.45, 7) is 11.3. The molecule has 1 N–H and O–H groups in total. The van der Waals surface area contributed by atoms with Crippen LogP contribution in [0.2, 0.25) is 0 Å². The zero-order chi connectivity index (χ0) is 15.0. The lowest BCUT2D eigenvalue weighted by Gasteiger charge is -2.34. The molecule has 0 radical (unpaired) electrons. The highest BCUT2D eigenvalue weighted by atomic mass is 15.2. The third-order valence-corrected chi connectivity index (χ3v) is 5.10. The van der Waals surface area contributed by atoms with Crippen molar-refractivity contribution in [3.63, 3.8) is 0 Å². The van der Waals surface area contributed by atoms with Crippen LogP contribution in [0.1, 0.15) is 61.2 Å². The summed E-state index contributed by atoms with van der Waals surface area (Å²) in [4.78, 5) is 7.33. The highest BCUT2D eigenvalue weighted by molar-refractivity contribution is 5.33. The third-order valence-electron chi connectivity index (χ3n) is 5.10. The molecule has 2 heterocycles. The lowest BCUT2D eigenvalue weighted by Crippen LogP contribution is -2.44. The second-order valence-electron chi connectivity index (χ2n) is 7.01. The van der Waals surface area contributed by atoms with Gasteiger partial charge in [-0.05, 0) is 83.7 Å². The molecule has 0 amide bonds. The van der Waals surface area contributed by atoms with Gasteiger partial charge >= 0.3 is 0 Å². The van der Waals surface area contributed by atoms with Crippen molar-refractivity contribution in [3.8, 4) is 0 Å². The number of aromatic nitrogens is 1. The Labute approximate surface area is 129 Å². The van der Waals surface area contributed by atoms with Gasteiger partial charge in [0.05, 0.1) is 0 Å². The number of hydrogen-bond acceptors (Lipinski definition) is 3. The molecule has 1 aromatic heterocycles. The zero-order valence-electron chi connectivity index (χ0n) is 13.9. The number of hydrogen-bond donors (Lipinski definition) is 1. The Balaban J connectivity index is 1.60. The molecule has 1 unspecified atom stereocenters. The average Bonchev–Trinajstić information content (AvgIpc) is 3.22. The molecule has 1 aliphatic carbocycles. The molecule has 3 heteroatoms. The van der Waals surface area contributed by atoms with Gasteiger partial charge < -0.3 is 10.2 Å². The summed E-state index contributed by atoms with van der Waals surface area (Å²) >= 11 is 0. The minimum atomic E-state index is 0.399. The van der Waals surface area contributed by atoms with Crippen molar-refractivity contribution in [1.82, 2.24) is 15.2 Å². The van der Waals surface area contributed by atoms with Gasteiger partial charge in [-0.1, -0.05) is 0 Å². The molecule has 1 aromatic rings. The van der Waals surface area contributed by atoms with E-state index >= 15 is 0 Å². The molecule has 0 aromatic carbocycles. The van der Waals surface area contributed by atoms with Gasteiger partial charge in [0.1, 0.15) is 0 Å². The number of nitrogens with zero attached hydrogens (tertiary/aromatic N) is 2. The summed E-state index contributed by atoms with van der Waals surface area (Å²) < 4.78 is 0. The Morgan fingerprint density at radius 3 is 2.38 bits per heavy atom. The lowest BCUT2D eigenvalue weighted by molar-refractivity contribution is 0.184. The molecule has 1 saturated heterocycles. The highest BCUT2D eigenvalue weighted by Crippen LogP contribution is 2.30. The number of pyridine rings is 1. The number of likely N-dealkylation sites (tertiary alicyclic amines) is 1. The zero-order valence-corrected chi connectivity index (χ0v) is 13.9.